The molecular formula is C11H8AlNO2. The van der Waals surface area contributed by atoms with Gasteiger partial charge in [-0.3, -0.25) is 4.79 Å². The Kier molecular flexibility index (Phi) is 2.72. The molecule has 0 unspecified atom stereocenters. The van der Waals surface area contributed by atoms with E-state index in [1.165, 1.54) is 6.92 Å². The number of ketones is 1. The minimum atomic E-state index is 0.0245. The van der Waals surface area contributed by atoms with Crippen molar-refractivity contribution in [3.05, 3.63) is 34.6 Å². The fourth-order valence-electron chi connectivity index (χ4n) is 1.32. The highest BCUT2D eigenvalue weighted by molar-refractivity contribution is 6.19. The summed E-state index contributed by atoms with van der Waals surface area (Å²) in [5.41, 5.74) is 2.04. The van der Waals surface area contributed by atoms with E-state index in [0.29, 0.717) is 17.0 Å². The predicted molar refractivity (Wildman–Crippen MR) is 58.8 cm³/mol. The first-order valence-electron chi connectivity index (χ1n) is 4.50. The average Bonchev–Trinajstić information content (AvgIpc) is 2.59. The minimum absolute atomic E-state index is 0.0245. The molecule has 0 bridgehead atoms. The van der Waals surface area contributed by atoms with E-state index in [0.717, 1.165) is 5.52 Å². The number of rotatable bonds is 2. The molecule has 2 radical (unpaired) electrons. The summed E-state index contributed by atoms with van der Waals surface area (Å²) in [6.07, 6.45) is 1.75. The molecular weight excluding hydrogens is 205 g/mol. The second-order valence-electron chi connectivity index (χ2n) is 3.15. The van der Waals surface area contributed by atoms with E-state index >= 15 is 0 Å². The molecule has 3 nitrogen and oxygen atoms in total. The molecule has 0 aliphatic heterocycles. The van der Waals surface area contributed by atoms with Crippen LogP contribution >= 0.6 is 0 Å². The Morgan fingerprint density at radius 3 is 3.00 bits per heavy atom. The maximum Gasteiger partial charge on any atom is 0.218 e. The molecule has 0 spiro atoms. The average molecular weight is 213 g/mol. The van der Waals surface area contributed by atoms with E-state index < -0.39 is 0 Å². The molecule has 0 saturated carbocycles. The van der Waals surface area contributed by atoms with Gasteiger partial charge in [0.25, 0.3) is 0 Å². The molecule has 1 aromatic carbocycles. The van der Waals surface area contributed by atoms with Gasteiger partial charge in [0.1, 0.15) is 5.52 Å². The molecule has 0 N–H and O–H groups in total. The Hall–Kier alpha value is -1.37. The molecule has 2 aromatic rings. The molecule has 4 heteroatoms. The molecule has 1 aromatic heterocycles. The first-order valence-corrected chi connectivity index (χ1v) is 5.17. The molecule has 1 heterocycles. The highest BCUT2D eigenvalue weighted by Gasteiger charge is 2.05. The van der Waals surface area contributed by atoms with Crippen LogP contribution in [0, 0.1) is 0 Å². The zero-order chi connectivity index (χ0) is 10.8. The van der Waals surface area contributed by atoms with Crippen LogP contribution in [0.4, 0.5) is 0 Å². The molecule has 0 fully saturated rings. The summed E-state index contributed by atoms with van der Waals surface area (Å²) < 4.78 is 5.44. The molecule has 0 aliphatic rings. The SMILES string of the molecule is CC(=O)c1ccc2nc(/C=[CH]/[Al])oc2c1. The fraction of sp³-hybridized carbons (Fsp3) is 0.0909. The van der Waals surface area contributed by atoms with Crippen molar-refractivity contribution in [3.63, 3.8) is 0 Å². The van der Waals surface area contributed by atoms with Crippen molar-refractivity contribution in [2.75, 3.05) is 0 Å². The van der Waals surface area contributed by atoms with Crippen LogP contribution in [0.2, 0.25) is 0 Å². The maximum absolute atomic E-state index is 11.1. The van der Waals surface area contributed by atoms with Crippen LogP contribution in [0.15, 0.2) is 27.6 Å². The van der Waals surface area contributed by atoms with Gasteiger partial charge in [-0.05, 0) is 31.2 Å². The lowest BCUT2D eigenvalue weighted by atomic mass is 10.1. The minimum Gasteiger partial charge on any atom is -0.437 e. The zero-order valence-electron chi connectivity index (χ0n) is 8.23. The van der Waals surface area contributed by atoms with Gasteiger partial charge in [-0.25, -0.2) is 4.98 Å². The molecule has 0 saturated heterocycles. The third-order valence-electron chi connectivity index (χ3n) is 2.05. The van der Waals surface area contributed by atoms with Gasteiger partial charge in [-0.1, -0.05) is 0 Å². The highest BCUT2D eigenvalue weighted by atomic mass is 27.0. The molecule has 15 heavy (non-hydrogen) atoms. The Labute approximate surface area is 95.2 Å². The number of nitrogens with zero attached hydrogens (tertiary/aromatic N) is 1. The Morgan fingerprint density at radius 2 is 2.33 bits per heavy atom. The van der Waals surface area contributed by atoms with Crippen LogP contribution in [0.25, 0.3) is 17.2 Å². The first-order chi connectivity index (χ1) is 7.20. The lowest BCUT2D eigenvalue weighted by Crippen LogP contribution is -1.89. The molecule has 0 atom stereocenters. The van der Waals surface area contributed by atoms with Crippen molar-refractivity contribution in [2.45, 2.75) is 6.92 Å². The number of carbonyl (C=O) groups excluding carboxylic acids is 1. The predicted octanol–water partition coefficient (Wildman–Crippen LogP) is 2.17. The number of benzene rings is 1. The van der Waals surface area contributed by atoms with Crippen LogP contribution in [0.1, 0.15) is 23.2 Å². The number of hydrogen-bond acceptors (Lipinski definition) is 3. The normalized spacial score (nSPS) is 11.3. The monoisotopic (exact) mass is 213 g/mol. The van der Waals surface area contributed by atoms with Gasteiger partial charge in [0.2, 0.25) is 5.89 Å². The van der Waals surface area contributed by atoms with Crippen molar-refractivity contribution >= 4 is 39.2 Å². The fourth-order valence-corrected chi connectivity index (χ4v) is 1.48. The molecule has 0 aliphatic carbocycles. The van der Waals surface area contributed by atoms with Crippen LogP contribution in [-0.2, 0) is 0 Å². The highest BCUT2D eigenvalue weighted by Crippen LogP contribution is 2.18. The lowest BCUT2D eigenvalue weighted by molar-refractivity contribution is 0.101. The van der Waals surface area contributed by atoms with Gasteiger partial charge >= 0.3 is 0 Å². The second kappa shape index (κ2) is 4.02. The van der Waals surface area contributed by atoms with Gasteiger partial charge < -0.3 is 4.42 Å². The number of aromatic nitrogens is 1. The smallest absolute Gasteiger partial charge is 0.218 e. The van der Waals surface area contributed by atoms with Gasteiger partial charge in [0.15, 0.2) is 27.7 Å². The molecule has 0 amide bonds. The van der Waals surface area contributed by atoms with Crippen molar-refractivity contribution in [2.24, 2.45) is 0 Å². The van der Waals surface area contributed by atoms with E-state index in [9.17, 15) is 4.79 Å². The summed E-state index contributed by atoms with van der Waals surface area (Å²) in [6, 6.07) is 5.25. The number of Topliss-reactive ketones (excluding diaryl/α,β-unsaturated/α-hetero) is 1. The van der Waals surface area contributed by atoms with Crippen molar-refractivity contribution in [1.82, 2.24) is 4.98 Å². The Bertz CT molecular complexity index is 543. The van der Waals surface area contributed by atoms with Crippen molar-refractivity contribution < 1.29 is 9.21 Å². The van der Waals surface area contributed by atoms with Crippen LogP contribution in [0.5, 0.6) is 0 Å². The van der Waals surface area contributed by atoms with Crippen molar-refractivity contribution in [3.8, 4) is 0 Å². The number of oxazole rings is 1. The second-order valence-corrected chi connectivity index (χ2v) is 3.53. The lowest BCUT2D eigenvalue weighted by Gasteiger charge is -1.92. The summed E-state index contributed by atoms with van der Waals surface area (Å²) in [5, 5.41) is 0. The van der Waals surface area contributed by atoms with Crippen LogP contribution in [0.3, 0.4) is 0 Å². The van der Waals surface area contributed by atoms with E-state index in [2.05, 4.69) is 21.3 Å². The van der Waals surface area contributed by atoms with Crippen molar-refractivity contribution in [1.29, 1.82) is 0 Å². The zero-order valence-corrected chi connectivity index (χ0v) is 9.38. The summed E-state index contributed by atoms with van der Waals surface area (Å²) in [4.78, 5) is 17.1. The topological polar surface area (TPSA) is 43.1 Å². The first kappa shape index (κ1) is 10.2. The molecule has 2 rings (SSSR count). The van der Waals surface area contributed by atoms with Crippen LogP contribution in [-0.4, -0.2) is 27.1 Å². The third kappa shape index (κ3) is 2.01. The summed E-state index contributed by atoms with van der Waals surface area (Å²) in [5.74, 6) is 0.567. The standard InChI is InChI=1S/C11H8NO2.Al/c1-3-11-12-9-5-4-8(7(2)13)6-10(9)14-11;/h1,3-6H,2H3;. The van der Waals surface area contributed by atoms with Gasteiger partial charge in [-0.15, -0.1) is 0 Å². The maximum atomic E-state index is 11.1. The van der Waals surface area contributed by atoms with Gasteiger partial charge in [-0.2, -0.15) is 4.94 Å². The summed E-state index contributed by atoms with van der Waals surface area (Å²) >= 11 is 2.45. The van der Waals surface area contributed by atoms with E-state index in [1.807, 2.05) is 0 Å². The van der Waals surface area contributed by atoms with E-state index in [4.69, 9.17) is 4.42 Å². The van der Waals surface area contributed by atoms with E-state index in [1.54, 1.807) is 29.2 Å². The Morgan fingerprint density at radius 1 is 1.53 bits per heavy atom. The van der Waals surface area contributed by atoms with Crippen LogP contribution < -0.4 is 0 Å². The number of carbonyl (C=O) groups is 1. The third-order valence-corrected chi connectivity index (χ3v) is 2.24. The number of hydrogen-bond donors (Lipinski definition) is 0. The van der Waals surface area contributed by atoms with Gasteiger partial charge in [0.05, 0.1) is 0 Å². The summed E-state index contributed by atoms with van der Waals surface area (Å²) in [7, 11) is 0. The number of fused-ring (bicyclic) bond motifs is 1. The Balaban J connectivity index is 2.56. The largest absolute Gasteiger partial charge is 0.437 e. The summed E-state index contributed by atoms with van der Waals surface area (Å²) in [6.45, 7) is 1.53. The molecule has 72 valence electrons. The quantitative estimate of drug-likeness (QED) is 0.567. The van der Waals surface area contributed by atoms with E-state index in [-0.39, 0.29) is 5.78 Å². The van der Waals surface area contributed by atoms with Gasteiger partial charge in [0, 0.05) is 5.56 Å².